The standard InChI is InChI=1S/C13H21N3OS/c1-14-11-9-12(16-13(15-11)18-2)17-10-7-5-3-4-6-8-10/h9-10H,3-8H2,1-2H3,(H,14,15,16). The third-order valence-corrected chi connectivity index (χ3v) is 3.76. The number of ether oxygens (including phenoxy) is 1. The molecule has 1 N–H and O–H groups in total. The lowest BCUT2D eigenvalue weighted by Gasteiger charge is -2.16. The van der Waals surface area contributed by atoms with E-state index in [4.69, 9.17) is 4.74 Å². The van der Waals surface area contributed by atoms with Crippen molar-refractivity contribution in [2.45, 2.75) is 49.8 Å². The van der Waals surface area contributed by atoms with E-state index in [1.165, 1.54) is 37.4 Å². The third-order valence-electron chi connectivity index (χ3n) is 3.21. The summed E-state index contributed by atoms with van der Waals surface area (Å²) in [5.41, 5.74) is 0. The molecule has 0 amide bonds. The van der Waals surface area contributed by atoms with Gasteiger partial charge in [0.05, 0.1) is 0 Å². The van der Waals surface area contributed by atoms with Crippen LogP contribution in [0.15, 0.2) is 11.2 Å². The summed E-state index contributed by atoms with van der Waals surface area (Å²) in [5.74, 6) is 1.52. The molecule has 5 heteroatoms. The maximum Gasteiger partial charge on any atom is 0.219 e. The van der Waals surface area contributed by atoms with Gasteiger partial charge in [-0.1, -0.05) is 24.6 Å². The van der Waals surface area contributed by atoms with Crippen LogP contribution in [0.3, 0.4) is 0 Å². The van der Waals surface area contributed by atoms with Gasteiger partial charge in [0.1, 0.15) is 11.9 Å². The van der Waals surface area contributed by atoms with E-state index in [0.717, 1.165) is 23.8 Å². The van der Waals surface area contributed by atoms with Gasteiger partial charge in [-0.15, -0.1) is 0 Å². The molecule has 1 aromatic heterocycles. The fourth-order valence-electron chi connectivity index (χ4n) is 2.21. The number of nitrogens with one attached hydrogen (secondary N) is 1. The number of nitrogens with zero attached hydrogens (tertiary/aromatic N) is 2. The summed E-state index contributed by atoms with van der Waals surface area (Å²) in [6.45, 7) is 0. The van der Waals surface area contributed by atoms with E-state index in [9.17, 15) is 0 Å². The molecule has 1 heterocycles. The molecule has 0 atom stereocenters. The lowest BCUT2D eigenvalue weighted by Crippen LogP contribution is -2.16. The van der Waals surface area contributed by atoms with Gasteiger partial charge in [0.25, 0.3) is 0 Å². The summed E-state index contributed by atoms with van der Waals surface area (Å²) in [6.07, 6.45) is 9.80. The Morgan fingerprint density at radius 1 is 1.22 bits per heavy atom. The zero-order valence-corrected chi connectivity index (χ0v) is 11.9. The second kappa shape index (κ2) is 6.83. The Kier molecular flexibility index (Phi) is 5.11. The highest BCUT2D eigenvalue weighted by Crippen LogP contribution is 2.24. The Bertz CT molecular complexity index is 356. The van der Waals surface area contributed by atoms with Crippen molar-refractivity contribution in [3.05, 3.63) is 6.07 Å². The van der Waals surface area contributed by atoms with E-state index >= 15 is 0 Å². The molecule has 0 unspecified atom stereocenters. The first-order valence-electron chi connectivity index (χ1n) is 6.59. The van der Waals surface area contributed by atoms with Crippen molar-refractivity contribution in [1.29, 1.82) is 0 Å². The van der Waals surface area contributed by atoms with Crippen molar-refractivity contribution in [1.82, 2.24) is 9.97 Å². The van der Waals surface area contributed by atoms with Crippen LogP contribution in [0.1, 0.15) is 38.5 Å². The van der Waals surface area contributed by atoms with Crippen molar-refractivity contribution in [3.63, 3.8) is 0 Å². The Hall–Kier alpha value is -0.970. The van der Waals surface area contributed by atoms with Gasteiger partial charge in [0.2, 0.25) is 5.88 Å². The van der Waals surface area contributed by atoms with Gasteiger partial charge in [-0.2, -0.15) is 4.98 Å². The zero-order chi connectivity index (χ0) is 12.8. The van der Waals surface area contributed by atoms with Gasteiger partial charge in [-0.3, -0.25) is 0 Å². The quantitative estimate of drug-likeness (QED) is 0.515. The molecule has 18 heavy (non-hydrogen) atoms. The van der Waals surface area contributed by atoms with Gasteiger partial charge < -0.3 is 10.1 Å². The van der Waals surface area contributed by atoms with E-state index in [2.05, 4.69) is 15.3 Å². The Labute approximate surface area is 113 Å². The first kappa shape index (κ1) is 13.5. The Morgan fingerprint density at radius 2 is 1.94 bits per heavy atom. The van der Waals surface area contributed by atoms with Crippen molar-refractivity contribution in [3.8, 4) is 5.88 Å². The Morgan fingerprint density at radius 3 is 2.56 bits per heavy atom. The van der Waals surface area contributed by atoms with E-state index in [0.29, 0.717) is 12.0 Å². The zero-order valence-electron chi connectivity index (χ0n) is 11.1. The second-order valence-corrected chi connectivity index (χ2v) is 5.33. The van der Waals surface area contributed by atoms with E-state index in [1.807, 2.05) is 19.4 Å². The van der Waals surface area contributed by atoms with E-state index < -0.39 is 0 Å². The maximum atomic E-state index is 6.02. The molecule has 0 radical (unpaired) electrons. The fourth-order valence-corrected chi connectivity index (χ4v) is 2.58. The topological polar surface area (TPSA) is 47.0 Å². The van der Waals surface area contributed by atoms with Gasteiger partial charge in [0, 0.05) is 13.1 Å². The Balaban J connectivity index is 2.06. The smallest absolute Gasteiger partial charge is 0.219 e. The minimum atomic E-state index is 0.321. The van der Waals surface area contributed by atoms with Crippen LogP contribution >= 0.6 is 11.8 Å². The second-order valence-electron chi connectivity index (χ2n) is 4.56. The van der Waals surface area contributed by atoms with Crippen LogP contribution in [0.2, 0.25) is 0 Å². The third kappa shape index (κ3) is 3.77. The number of hydrogen-bond acceptors (Lipinski definition) is 5. The van der Waals surface area contributed by atoms with E-state index in [1.54, 1.807) is 0 Å². The molecular formula is C13H21N3OS. The number of hydrogen-bond donors (Lipinski definition) is 1. The van der Waals surface area contributed by atoms with Crippen molar-refractivity contribution < 1.29 is 4.74 Å². The van der Waals surface area contributed by atoms with Crippen LogP contribution in [0.4, 0.5) is 5.82 Å². The molecule has 1 fully saturated rings. The molecule has 0 aromatic carbocycles. The number of thioether (sulfide) groups is 1. The van der Waals surface area contributed by atoms with E-state index in [-0.39, 0.29) is 0 Å². The highest BCUT2D eigenvalue weighted by molar-refractivity contribution is 7.98. The van der Waals surface area contributed by atoms with Crippen LogP contribution in [-0.2, 0) is 0 Å². The summed E-state index contributed by atoms with van der Waals surface area (Å²) in [6, 6.07) is 1.88. The molecule has 1 aliphatic rings. The predicted octanol–water partition coefficient (Wildman–Crippen LogP) is 3.34. The highest BCUT2D eigenvalue weighted by Gasteiger charge is 2.15. The number of anilines is 1. The molecule has 1 saturated carbocycles. The van der Waals surface area contributed by atoms with Crippen molar-refractivity contribution in [2.75, 3.05) is 18.6 Å². The molecule has 0 aliphatic heterocycles. The molecule has 4 nitrogen and oxygen atoms in total. The molecule has 2 rings (SSSR count). The van der Waals surface area contributed by atoms with Gasteiger partial charge in [0.15, 0.2) is 5.16 Å². The van der Waals surface area contributed by atoms with Crippen LogP contribution < -0.4 is 10.1 Å². The molecule has 0 bridgehead atoms. The average molecular weight is 267 g/mol. The van der Waals surface area contributed by atoms with Crippen LogP contribution in [0.5, 0.6) is 5.88 Å². The average Bonchev–Trinajstić information content (AvgIpc) is 2.67. The largest absolute Gasteiger partial charge is 0.474 e. The summed E-state index contributed by atoms with van der Waals surface area (Å²) in [4.78, 5) is 8.76. The summed E-state index contributed by atoms with van der Waals surface area (Å²) >= 11 is 1.54. The normalized spacial score (nSPS) is 17.2. The summed E-state index contributed by atoms with van der Waals surface area (Å²) < 4.78 is 6.02. The van der Waals surface area contributed by atoms with Crippen LogP contribution in [0, 0.1) is 0 Å². The van der Waals surface area contributed by atoms with Crippen LogP contribution in [0.25, 0.3) is 0 Å². The summed E-state index contributed by atoms with van der Waals surface area (Å²) in [5, 5.41) is 3.80. The molecular weight excluding hydrogens is 246 g/mol. The molecule has 100 valence electrons. The minimum Gasteiger partial charge on any atom is -0.474 e. The fraction of sp³-hybridized carbons (Fsp3) is 0.692. The molecule has 1 aliphatic carbocycles. The van der Waals surface area contributed by atoms with Crippen molar-refractivity contribution >= 4 is 17.6 Å². The SMILES string of the molecule is CNc1cc(OC2CCCCCC2)nc(SC)n1. The molecule has 1 aromatic rings. The lowest BCUT2D eigenvalue weighted by atomic mass is 10.1. The van der Waals surface area contributed by atoms with Crippen LogP contribution in [-0.4, -0.2) is 29.4 Å². The summed E-state index contributed by atoms with van der Waals surface area (Å²) in [7, 11) is 1.86. The predicted molar refractivity (Wildman–Crippen MR) is 75.5 cm³/mol. The lowest BCUT2D eigenvalue weighted by molar-refractivity contribution is 0.174. The first-order valence-corrected chi connectivity index (χ1v) is 7.82. The monoisotopic (exact) mass is 267 g/mol. The minimum absolute atomic E-state index is 0.321. The number of rotatable bonds is 4. The molecule has 0 spiro atoms. The first-order chi connectivity index (χ1) is 8.81. The maximum absolute atomic E-state index is 6.02. The highest BCUT2D eigenvalue weighted by atomic mass is 32.2. The van der Waals surface area contributed by atoms with Gasteiger partial charge in [-0.05, 0) is 31.9 Å². The molecule has 0 saturated heterocycles. The number of aromatic nitrogens is 2. The van der Waals surface area contributed by atoms with Gasteiger partial charge in [-0.25, -0.2) is 4.98 Å². The van der Waals surface area contributed by atoms with Crippen molar-refractivity contribution in [2.24, 2.45) is 0 Å². The van der Waals surface area contributed by atoms with Gasteiger partial charge >= 0.3 is 0 Å².